The lowest BCUT2D eigenvalue weighted by Gasteiger charge is -2.46. The van der Waals surface area contributed by atoms with Gasteiger partial charge in [-0.15, -0.1) is 11.8 Å². The van der Waals surface area contributed by atoms with Gasteiger partial charge in [-0.25, -0.2) is 0 Å². The van der Waals surface area contributed by atoms with Crippen LogP contribution in [0.2, 0.25) is 0 Å². The molecular weight excluding hydrogens is 360 g/mol. The Balaban J connectivity index is 2.11. The van der Waals surface area contributed by atoms with Gasteiger partial charge in [0.25, 0.3) is 0 Å². The van der Waals surface area contributed by atoms with E-state index >= 15 is 0 Å². The number of hydrogen-bond donors (Lipinski definition) is 7. The number of aliphatic hydroxyl groups excluding tert-OH is 7. The van der Waals surface area contributed by atoms with Crippen molar-refractivity contribution in [1.29, 1.82) is 0 Å². The van der Waals surface area contributed by atoms with E-state index in [0.29, 0.717) is 5.75 Å². The fourth-order valence-corrected chi connectivity index (χ4v) is 3.77. The first-order chi connectivity index (χ1) is 11.8. The second-order valence-electron chi connectivity index (χ2n) is 5.96. The van der Waals surface area contributed by atoms with Crippen molar-refractivity contribution >= 4 is 11.8 Å². The summed E-state index contributed by atoms with van der Waals surface area (Å²) in [6, 6.07) is 0. The third-order valence-corrected chi connectivity index (χ3v) is 5.34. The van der Waals surface area contributed by atoms with Crippen molar-refractivity contribution in [3.63, 3.8) is 0 Å². The molecule has 2 rings (SSSR count). The van der Waals surface area contributed by atoms with Gasteiger partial charge in [-0.1, -0.05) is 6.92 Å². The summed E-state index contributed by atoms with van der Waals surface area (Å²) in [6.07, 6.45) is -12.5. The zero-order chi connectivity index (χ0) is 18.7. The molecule has 10 atom stereocenters. The molecule has 0 aromatic heterocycles. The minimum absolute atomic E-state index is 0.521. The predicted octanol–water partition coefficient (Wildman–Crippen LogP) is -3.64. The van der Waals surface area contributed by atoms with Crippen LogP contribution in [0.5, 0.6) is 0 Å². The molecule has 0 aromatic rings. The van der Waals surface area contributed by atoms with Crippen LogP contribution in [0.3, 0.4) is 0 Å². The summed E-state index contributed by atoms with van der Waals surface area (Å²) in [4.78, 5) is 0. The van der Waals surface area contributed by atoms with Gasteiger partial charge in [-0.05, 0) is 5.75 Å². The van der Waals surface area contributed by atoms with Crippen molar-refractivity contribution in [3.05, 3.63) is 0 Å². The highest BCUT2D eigenvalue weighted by Gasteiger charge is 2.50. The lowest BCUT2D eigenvalue weighted by Crippen LogP contribution is -2.64. The van der Waals surface area contributed by atoms with Crippen LogP contribution in [-0.4, -0.2) is 115 Å². The molecule has 2 saturated heterocycles. The molecule has 11 heteroatoms. The Labute approximate surface area is 148 Å². The predicted molar refractivity (Wildman–Crippen MR) is 84.5 cm³/mol. The maximum absolute atomic E-state index is 10.3. The van der Waals surface area contributed by atoms with Gasteiger partial charge in [-0.3, -0.25) is 0 Å². The molecule has 0 saturated carbocycles. The van der Waals surface area contributed by atoms with Crippen molar-refractivity contribution in [1.82, 2.24) is 0 Å². The van der Waals surface area contributed by atoms with Gasteiger partial charge in [0, 0.05) is 0 Å². The second kappa shape index (κ2) is 9.24. The van der Waals surface area contributed by atoms with Crippen LogP contribution in [0.4, 0.5) is 0 Å². The van der Waals surface area contributed by atoms with Crippen LogP contribution in [0.25, 0.3) is 0 Å². The fourth-order valence-electron chi connectivity index (χ4n) is 2.86. The van der Waals surface area contributed by atoms with Crippen LogP contribution in [0, 0.1) is 0 Å². The molecule has 2 aliphatic heterocycles. The van der Waals surface area contributed by atoms with E-state index in [2.05, 4.69) is 0 Å². The Morgan fingerprint density at radius 1 is 0.800 bits per heavy atom. The van der Waals surface area contributed by atoms with E-state index in [4.69, 9.17) is 14.2 Å². The molecule has 0 unspecified atom stereocenters. The number of rotatable bonds is 6. The summed E-state index contributed by atoms with van der Waals surface area (Å²) in [5, 5.41) is 68.7. The smallest absolute Gasteiger partial charge is 0.187 e. The number of ether oxygens (including phenoxy) is 3. The summed E-state index contributed by atoms with van der Waals surface area (Å²) in [6.45, 7) is 0.695. The van der Waals surface area contributed by atoms with Gasteiger partial charge in [0.15, 0.2) is 6.29 Å². The first-order valence-electron chi connectivity index (χ1n) is 8.05. The topological polar surface area (TPSA) is 169 Å². The molecule has 0 spiro atoms. The van der Waals surface area contributed by atoms with Crippen LogP contribution in [0.15, 0.2) is 0 Å². The highest BCUT2D eigenvalue weighted by atomic mass is 32.2. The average molecular weight is 386 g/mol. The second-order valence-corrected chi connectivity index (χ2v) is 7.34. The van der Waals surface area contributed by atoms with Crippen molar-refractivity contribution < 1.29 is 50.0 Å². The molecule has 7 N–H and O–H groups in total. The molecule has 0 radical (unpaired) electrons. The first kappa shape index (κ1) is 21.3. The maximum atomic E-state index is 10.3. The Hall–Kier alpha value is -0.0500. The fraction of sp³-hybridized carbons (Fsp3) is 1.00. The highest BCUT2D eigenvalue weighted by molar-refractivity contribution is 7.99. The molecular formula is C14H26O10S. The van der Waals surface area contributed by atoms with Crippen LogP contribution in [0.1, 0.15) is 6.92 Å². The standard InChI is InChI=1S/C14H26O10S/c1-2-25-14-11(21)9(19)12(6(4-16)23-14)24-13-10(20)8(18)7(17)5(3-15)22-13/h5-21H,2-4H2,1H3/t5-,6-,7+,8+,9-,10-,11-,12-,13+,14+/m1/s1. The van der Waals surface area contributed by atoms with E-state index in [1.807, 2.05) is 6.92 Å². The summed E-state index contributed by atoms with van der Waals surface area (Å²) in [5.74, 6) is 0.616. The van der Waals surface area contributed by atoms with Gasteiger partial charge in [-0.2, -0.15) is 0 Å². The highest BCUT2D eigenvalue weighted by Crippen LogP contribution is 2.32. The maximum Gasteiger partial charge on any atom is 0.187 e. The number of aliphatic hydroxyl groups is 7. The van der Waals surface area contributed by atoms with Gasteiger partial charge in [0.2, 0.25) is 0 Å². The van der Waals surface area contributed by atoms with E-state index in [1.54, 1.807) is 0 Å². The number of thioether (sulfide) groups is 1. The summed E-state index contributed by atoms with van der Waals surface area (Å²) >= 11 is 1.25. The Morgan fingerprint density at radius 3 is 2.00 bits per heavy atom. The van der Waals surface area contributed by atoms with E-state index < -0.39 is 73.8 Å². The Morgan fingerprint density at radius 2 is 1.44 bits per heavy atom. The van der Waals surface area contributed by atoms with Gasteiger partial charge < -0.3 is 50.0 Å². The molecule has 2 fully saturated rings. The van der Waals surface area contributed by atoms with Crippen LogP contribution < -0.4 is 0 Å². The molecule has 10 nitrogen and oxygen atoms in total. The SMILES string of the molecule is CCS[C@@H]1O[C@H](CO)[C@@H](O[C@@H]2O[C@H](CO)[C@H](O)[C@H](O)[C@H]2O)[C@H](O)[C@H]1O. The van der Waals surface area contributed by atoms with Crippen molar-refractivity contribution in [2.75, 3.05) is 19.0 Å². The van der Waals surface area contributed by atoms with E-state index in [9.17, 15) is 35.7 Å². The number of hydrogen-bond acceptors (Lipinski definition) is 11. The largest absolute Gasteiger partial charge is 0.394 e. The molecule has 25 heavy (non-hydrogen) atoms. The molecule has 2 heterocycles. The summed E-state index contributed by atoms with van der Waals surface area (Å²) in [7, 11) is 0. The van der Waals surface area contributed by atoms with Gasteiger partial charge in [0.1, 0.15) is 54.3 Å². The summed E-state index contributed by atoms with van der Waals surface area (Å²) in [5.41, 5.74) is -0.758. The summed E-state index contributed by atoms with van der Waals surface area (Å²) < 4.78 is 16.2. The molecule has 0 bridgehead atoms. The minimum Gasteiger partial charge on any atom is -0.394 e. The van der Waals surface area contributed by atoms with Gasteiger partial charge >= 0.3 is 0 Å². The van der Waals surface area contributed by atoms with E-state index in [-0.39, 0.29) is 0 Å². The van der Waals surface area contributed by atoms with Crippen LogP contribution in [-0.2, 0) is 14.2 Å². The Kier molecular flexibility index (Phi) is 7.85. The monoisotopic (exact) mass is 386 g/mol. The average Bonchev–Trinajstić information content (AvgIpc) is 2.61. The molecule has 2 aliphatic rings. The zero-order valence-electron chi connectivity index (χ0n) is 13.7. The lowest BCUT2D eigenvalue weighted by atomic mass is 9.97. The quantitative estimate of drug-likeness (QED) is 0.240. The van der Waals surface area contributed by atoms with Crippen molar-refractivity contribution in [3.8, 4) is 0 Å². The minimum atomic E-state index is -1.66. The molecule has 0 aliphatic carbocycles. The normalized spacial score (nSPS) is 48.5. The zero-order valence-corrected chi connectivity index (χ0v) is 14.5. The van der Waals surface area contributed by atoms with Gasteiger partial charge in [0.05, 0.1) is 13.2 Å². The third-order valence-electron chi connectivity index (χ3n) is 4.29. The Bertz CT molecular complexity index is 411. The molecule has 148 valence electrons. The first-order valence-corrected chi connectivity index (χ1v) is 9.10. The lowest BCUT2D eigenvalue weighted by molar-refractivity contribution is -0.338. The third kappa shape index (κ3) is 4.45. The van der Waals surface area contributed by atoms with E-state index in [0.717, 1.165) is 0 Å². The van der Waals surface area contributed by atoms with Crippen LogP contribution >= 0.6 is 11.8 Å². The molecule has 0 aromatic carbocycles. The van der Waals surface area contributed by atoms with Crippen molar-refractivity contribution in [2.45, 2.75) is 67.5 Å². The van der Waals surface area contributed by atoms with Crippen molar-refractivity contribution in [2.24, 2.45) is 0 Å². The van der Waals surface area contributed by atoms with E-state index in [1.165, 1.54) is 11.8 Å². The molecule has 0 amide bonds.